The number of amides is 6. The lowest BCUT2D eigenvalue weighted by molar-refractivity contribution is -0.165. The highest BCUT2D eigenvalue weighted by Gasteiger charge is 2.45. The topological polar surface area (TPSA) is 246 Å². The van der Waals surface area contributed by atoms with Crippen molar-refractivity contribution in [3.05, 3.63) is 102 Å². The van der Waals surface area contributed by atoms with Gasteiger partial charge < -0.3 is 63.0 Å². The molecule has 480 valence electrons. The minimum absolute atomic E-state index is 0.0952. The Balaban J connectivity index is 1.37. The van der Waals surface area contributed by atoms with Crippen LogP contribution >= 0.6 is 0 Å². The van der Waals surface area contributed by atoms with Gasteiger partial charge in [-0.2, -0.15) is 0 Å². The molecule has 3 aliphatic rings. The maximum Gasteiger partial charge on any atom is 0.330 e. The molecule has 0 aliphatic carbocycles. The Morgan fingerprint density at radius 1 is 0.648 bits per heavy atom. The number of nitrogens with one attached hydrogen (secondary N) is 1. The van der Waals surface area contributed by atoms with Gasteiger partial charge in [0.15, 0.2) is 18.1 Å². The van der Waals surface area contributed by atoms with Crippen molar-refractivity contribution in [2.24, 2.45) is 5.41 Å². The molecule has 22 heteroatoms. The summed E-state index contributed by atoms with van der Waals surface area (Å²) in [6.07, 6.45) is 4.67. The Morgan fingerprint density at radius 2 is 1.30 bits per heavy atom. The van der Waals surface area contributed by atoms with Crippen LogP contribution in [0.5, 0.6) is 17.2 Å². The molecule has 0 saturated carbocycles. The fourth-order valence-electron chi connectivity index (χ4n) is 10.5. The zero-order valence-corrected chi connectivity index (χ0v) is 53.4. The third-order valence-corrected chi connectivity index (χ3v) is 15.8. The number of rotatable bonds is 10. The number of hydrogen-bond acceptors (Lipinski definition) is 16. The monoisotopic (exact) mass is 1220 g/mol. The smallest absolute Gasteiger partial charge is 0.330 e. The van der Waals surface area contributed by atoms with Gasteiger partial charge in [0.2, 0.25) is 29.4 Å². The van der Waals surface area contributed by atoms with Crippen LogP contribution in [0.4, 0.5) is 0 Å². The molecule has 1 N–H and O–H groups in total. The number of benzene rings is 3. The quantitative estimate of drug-likeness (QED) is 0.171. The minimum Gasteiger partial charge on any atom is -0.493 e. The Labute approximate surface area is 517 Å². The summed E-state index contributed by atoms with van der Waals surface area (Å²) < 4.78 is 41.4. The van der Waals surface area contributed by atoms with Crippen molar-refractivity contribution in [3.8, 4) is 17.2 Å². The highest BCUT2D eigenvalue weighted by atomic mass is 16.5. The third kappa shape index (κ3) is 18.8. The number of hydrogen-bond donors (Lipinski definition) is 1. The summed E-state index contributed by atoms with van der Waals surface area (Å²) >= 11 is 0. The van der Waals surface area contributed by atoms with E-state index in [-0.39, 0.29) is 63.8 Å². The van der Waals surface area contributed by atoms with Gasteiger partial charge in [0.1, 0.15) is 48.7 Å². The summed E-state index contributed by atoms with van der Waals surface area (Å²) in [5.74, 6) is -5.08. The van der Waals surface area contributed by atoms with Crippen molar-refractivity contribution in [2.75, 3.05) is 81.4 Å². The Bertz CT molecular complexity index is 2990. The van der Waals surface area contributed by atoms with Crippen molar-refractivity contribution >= 4 is 53.2 Å². The summed E-state index contributed by atoms with van der Waals surface area (Å²) in [5, 5.41) is 2.89. The lowest BCUT2D eigenvalue weighted by Gasteiger charge is -2.37. The molecule has 88 heavy (non-hydrogen) atoms. The Morgan fingerprint density at radius 3 is 1.97 bits per heavy atom. The van der Waals surface area contributed by atoms with Crippen LogP contribution < -0.4 is 19.5 Å². The van der Waals surface area contributed by atoms with E-state index < -0.39 is 113 Å². The molecule has 0 spiro atoms. The maximum absolute atomic E-state index is 15.2. The minimum atomic E-state index is -1.50. The first-order chi connectivity index (χ1) is 41.5. The van der Waals surface area contributed by atoms with Gasteiger partial charge in [-0.3, -0.25) is 33.6 Å². The van der Waals surface area contributed by atoms with E-state index in [4.69, 9.17) is 33.2 Å². The normalized spacial score (nSPS) is 23.3. The molecule has 3 aromatic carbocycles. The Kier molecular flexibility index (Phi) is 24.3. The van der Waals surface area contributed by atoms with E-state index in [9.17, 15) is 38.4 Å². The summed E-state index contributed by atoms with van der Waals surface area (Å²) in [7, 11) is 7.50. The van der Waals surface area contributed by atoms with Crippen molar-refractivity contribution in [3.63, 3.8) is 0 Å². The van der Waals surface area contributed by atoms with Crippen LogP contribution in [-0.2, 0) is 68.5 Å². The molecular formula is C66H90N6O16. The summed E-state index contributed by atoms with van der Waals surface area (Å²) in [6, 6.07) is 14.5. The van der Waals surface area contributed by atoms with Gasteiger partial charge in [-0.25, -0.2) is 9.59 Å². The average Bonchev–Trinajstić information content (AvgIpc) is 1.97. The first kappa shape index (κ1) is 69.3. The highest BCUT2D eigenvalue weighted by Crippen LogP contribution is 2.34. The standard InChI is InChI=1S/C66H90N6O16/c1-64(2,3)86-39-49-58(76)67-56(44-23-15-14-16-24-44)61(79)70(11)50(40-87-65(4,5)6)60(78)71-36-22-28-47(71)59(77)68(9)34-19-18-29-55(74)85-42-66(7,8)57(75)62(80)72-35-20-17-27-48(72)63(81)88-51(32-30-43-31-33-52(82-12)53(37-43)83-13)45-25-21-26-46(38-45)84-41-54(73)69(49)10/h14-16,18,21,23-26,29,31,33,37-38,47-51,56H,17,19-20,22,27-28,30,32,34-36,39-42H2,1-13H3,(H,67,76)/t47-,48-,49-,50-,51+,56?/m0/s1. The lowest BCUT2D eigenvalue weighted by Crippen LogP contribution is -2.58. The van der Waals surface area contributed by atoms with E-state index in [1.165, 1.54) is 78.8 Å². The summed E-state index contributed by atoms with van der Waals surface area (Å²) in [6.45, 7) is 12.6. The van der Waals surface area contributed by atoms with Gasteiger partial charge in [0.05, 0.1) is 44.1 Å². The number of cyclic esters (lactones) is 2. The van der Waals surface area contributed by atoms with E-state index in [1.807, 2.05) is 32.9 Å². The predicted octanol–water partition coefficient (Wildman–Crippen LogP) is 6.37. The van der Waals surface area contributed by atoms with E-state index in [0.717, 1.165) is 5.56 Å². The summed E-state index contributed by atoms with van der Waals surface area (Å²) in [4.78, 5) is 136. The van der Waals surface area contributed by atoms with Gasteiger partial charge >= 0.3 is 11.9 Å². The van der Waals surface area contributed by atoms with Gasteiger partial charge in [0, 0.05) is 46.9 Å². The zero-order chi connectivity index (χ0) is 64.7. The number of nitrogens with zero attached hydrogens (tertiary/aromatic N) is 5. The number of piperidine rings is 1. The molecule has 6 rings (SSSR count). The van der Waals surface area contributed by atoms with E-state index in [2.05, 4.69) is 5.32 Å². The van der Waals surface area contributed by atoms with Crippen LogP contribution in [0.25, 0.3) is 0 Å². The van der Waals surface area contributed by atoms with Crippen molar-refractivity contribution < 1.29 is 76.3 Å². The van der Waals surface area contributed by atoms with Gasteiger partial charge in [-0.05, 0) is 148 Å². The molecule has 6 atom stereocenters. The average molecular weight is 1220 g/mol. The second-order valence-electron chi connectivity index (χ2n) is 25.2. The fraction of sp³-hybridized carbons (Fsp3) is 0.561. The number of ether oxygens (including phenoxy) is 7. The SMILES string of the molecule is COc1ccc(CC[C@H]2OC(=O)[C@@H]3CCCCN3C(=O)C(=O)C(C)(C)COC(=O)C=CCCN(C)C(=O)[C@@H]3CCCN3C(=O)[C@H](COC(C)(C)C)N(C)C(=O)C(c3ccccc3)NC(=O)[C@H](COC(C)(C)C)N(C)C(=O)COc3cccc2c3)cc1OC. The molecule has 3 heterocycles. The summed E-state index contributed by atoms with van der Waals surface area (Å²) in [5.41, 5.74) is -1.36. The van der Waals surface area contributed by atoms with Gasteiger partial charge in [0.25, 0.3) is 11.8 Å². The lowest BCUT2D eigenvalue weighted by atomic mass is 9.87. The molecule has 3 aliphatic heterocycles. The largest absolute Gasteiger partial charge is 0.493 e. The van der Waals surface area contributed by atoms with Crippen LogP contribution in [0.1, 0.15) is 129 Å². The van der Waals surface area contributed by atoms with Crippen molar-refractivity contribution in [1.29, 1.82) is 0 Å². The number of aryl methyl sites for hydroxylation is 1. The molecule has 0 radical (unpaired) electrons. The number of methoxy groups -OCH3 is 2. The van der Waals surface area contributed by atoms with Gasteiger partial charge in [-0.1, -0.05) is 54.6 Å². The van der Waals surface area contributed by atoms with Crippen LogP contribution in [0.3, 0.4) is 0 Å². The van der Waals surface area contributed by atoms with E-state index in [1.54, 1.807) is 88.5 Å². The number of ketones is 1. The fourth-order valence-corrected chi connectivity index (χ4v) is 10.5. The molecule has 2 saturated heterocycles. The molecule has 22 nitrogen and oxygen atoms in total. The maximum atomic E-state index is 15.2. The molecular weight excluding hydrogens is 1130 g/mol. The molecule has 2 bridgehead atoms. The van der Waals surface area contributed by atoms with E-state index in [0.29, 0.717) is 54.7 Å². The second-order valence-corrected chi connectivity index (χ2v) is 25.2. The van der Waals surface area contributed by atoms with Crippen LogP contribution in [0, 0.1) is 5.41 Å². The zero-order valence-electron chi connectivity index (χ0n) is 53.4. The van der Waals surface area contributed by atoms with E-state index >= 15 is 4.79 Å². The first-order valence-electron chi connectivity index (χ1n) is 30.1. The van der Waals surface area contributed by atoms with Crippen LogP contribution in [0.2, 0.25) is 0 Å². The number of likely N-dealkylation sites (N-methyl/N-ethyl adjacent to an activating group) is 3. The number of carbonyl (C=O) groups is 9. The van der Waals surface area contributed by atoms with Crippen molar-refractivity contribution in [1.82, 2.24) is 29.8 Å². The van der Waals surface area contributed by atoms with Gasteiger partial charge in [-0.15, -0.1) is 0 Å². The molecule has 6 amide bonds. The van der Waals surface area contributed by atoms with Crippen molar-refractivity contribution in [2.45, 2.75) is 154 Å². The molecule has 2 fully saturated rings. The van der Waals surface area contributed by atoms with Crippen LogP contribution in [0.15, 0.2) is 84.9 Å². The number of fused-ring (bicyclic) bond motifs is 4. The molecule has 3 aromatic rings. The van der Waals surface area contributed by atoms with Crippen LogP contribution in [-0.4, -0.2) is 194 Å². The second kappa shape index (κ2) is 30.9. The number of esters is 2. The number of carbonyl (C=O) groups excluding carboxylic acids is 9. The predicted molar refractivity (Wildman–Crippen MR) is 326 cm³/mol. The first-order valence-corrected chi connectivity index (χ1v) is 30.1. The molecule has 0 aromatic heterocycles. The third-order valence-electron chi connectivity index (χ3n) is 15.8. The molecule has 1 unspecified atom stereocenters. The Hall–Kier alpha value is -7.85. The number of Topliss-reactive ketones (excluding diaryl/α,β-unsaturated/α-hetero) is 1. The highest BCUT2D eigenvalue weighted by molar-refractivity contribution is 6.38.